The van der Waals surface area contributed by atoms with Gasteiger partial charge in [0.2, 0.25) is 0 Å². The first-order valence-electron chi connectivity index (χ1n) is 4.15. The molecule has 0 spiro atoms. The summed E-state index contributed by atoms with van der Waals surface area (Å²) in [7, 11) is 0. The molecule has 1 N–H and O–H groups in total. The Morgan fingerprint density at radius 3 is 2.50 bits per heavy atom. The molecule has 0 fully saturated rings. The van der Waals surface area contributed by atoms with Crippen molar-refractivity contribution in [2.45, 2.75) is 20.3 Å². The maximum Gasteiger partial charge on any atom is 0.345 e. The van der Waals surface area contributed by atoms with Gasteiger partial charge in [-0.3, -0.25) is 0 Å². The van der Waals surface area contributed by atoms with E-state index in [-0.39, 0.29) is 0 Å². The summed E-state index contributed by atoms with van der Waals surface area (Å²) in [4.78, 5) is 9.61. The minimum atomic E-state index is -1.26. The molecule has 0 aromatic heterocycles. The van der Waals surface area contributed by atoms with Crippen LogP contribution >= 0.6 is 0 Å². The molecule has 0 radical (unpaired) electrons. The van der Waals surface area contributed by atoms with E-state index in [4.69, 9.17) is 15.1 Å². The van der Waals surface area contributed by atoms with Gasteiger partial charge in [-0.15, -0.1) is 0 Å². The summed E-state index contributed by atoms with van der Waals surface area (Å²) in [6, 6.07) is 1.37. The van der Waals surface area contributed by atoms with Crippen molar-refractivity contribution in [3.05, 3.63) is 24.5 Å². The normalized spacial score (nSPS) is 8.36. The summed E-state index contributed by atoms with van der Waals surface area (Å²) in [6.07, 6.45) is 4.68. The molecule has 78 valence electrons. The first kappa shape index (κ1) is 14.7. The van der Waals surface area contributed by atoms with Crippen LogP contribution < -0.4 is 0 Å². The van der Waals surface area contributed by atoms with E-state index in [0.717, 1.165) is 13.0 Å². The Bertz CT molecular complexity index is 238. The van der Waals surface area contributed by atoms with Gasteiger partial charge in [0.05, 0.1) is 12.9 Å². The molecule has 0 saturated heterocycles. The molecule has 4 heteroatoms. The molecule has 14 heavy (non-hydrogen) atoms. The smallest absolute Gasteiger partial charge is 0.345 e. The second-order valence-corrected chi connectivity index (χ2v) is 2.24. The topological polar surface area (TPSA) is 70.3 Å². The Hall–Kier alpha value is -1.76. The number of nitriles is 1. The van der Waals surface area contributed by atoms with Crippen LogP contribution in [0.1, 0.15) is 20.3 Å². The summed E-state index contributed by atoms with van der Waals surface area (Å²) in [6.45, 7) is 7.78. The van der Waals surface area contributed by atoms with Crippen molar-refractivity contribution in [3.63, 3.8) is 0 Å². The van der Waals surface area contributed by atoms with Crippen LogP contribution in [0.2, 0.25) is 0 Å². The molecule has 0 aliphatic heterocycles. The van der Waals surface area contributed by atoms with E-state index in [1.54, 1.807) is 6.26 Å². The predicted octanol–water partition coefficient (Wildman–Crippen LogP) is 2.10. The highest BCUT2D eigenvalue weighted by Gasteiger charge is 1.97. The minimum Gasteiger partial charge on any atom is -0.502 e. The van der Waals surface area contributed by atoms with E-state index < -0.39 is 11.5 Å². The molecule has 0 aliphatic carbocycles. The molecule has 0 rings (SSSR count). The van der Waals surface area contributed by atoms with Crippen LogP contribution in [0, 0.1) is 11.3 Å². The van der Waals surface area contributed by atoms with Crippen molar-refractivity contribution < 1.29 is 14.6 Å². The number of hydrogen-bond acceptors (Lipinski definition) is 3. The summed E-state index contributed by atoms with van der Waals surface area (Å²) in [5.74, 6) is -1.26. The van der Waals surface area contributed by atoms with Gasteiger partial charge in [-0.25, -0.2) is 4.79 Å². The Balaban J connectivity index is 0. The molecule has 0 atom stereocenters. The van der Waals surface area contributed by atoms with E-state index >= 15 is 0 Å². The Kier molecular flexibility index (Phi) is 11.8. The van der Waals surface area contributed by atoms with E-state index in [9.17, 15) is 4.79 Å². The third kappa shape index (κ3) is 12.9. The zero-order valence-electron chi connectivity index (χ0n) is 8.49. The minimum absolute atomic E-state index is 0.431. The second-order valence-electron chi connectivity index (χ2n) is 2.24. The molecule has 0 aromatic rings. The van der Waals surface area contributed by atoms with E-state index in [0.29, 0.717) is 0 Å². The van der Waals surface area contributed by atoms with Gasteiger partial charge < -0.3 is 9.84 Å². The van der Waals surface area contributed by atoms with E-state index in [1.807, 2.05) is 13.0 Å². The van der Waals surface area contributed by atoms with Crippen LogP contribution in [0.5, 0.6) is 0 Å². The number of carboxylic acids is 1. The SMILES string of the molecule is C/C=C\OCCC.C=C(C#N)C(=O)O. The first-order chi connectivity index (χ1) is 6.59. The Morgan fingerprint density at radius 1 is 1.71 bits per heavy atom. The molecule has 0 bridgehead atoms. The van der Waals surface area contributed by atoms with Gasteiger partial charge in [0.1, 0.15) is 11.6 Å². The van der Waals surface area contributed by atoms with Crippen LogP contribution in [-0.4, -0.2) is 17.7 Å². The third-order valence-corrected chi connectivity index (χ3v) is 0.947. The third-order valence-electron chi connectivity index (χ3n) is 0.947. The van der Waals surface area contributed by atoms with Gasteiger partial charge in [0.25, 0.3) is 0 Å². The maximum atomic E-state index is 9.61. The number of hydrogen-bond donors (Lipinski definition) is 1. The Morgan fingerprint density at radius 2 is 2.29 bits per heavy atom. The lowest BCUT2D eigenvalue weighted by Gasteiger charge is -1.91. The van der Waals surface area contributed by atoms with E-state index in [2.05, 4.69) is 13.5 Å². The lowest BCUT2D eigenvalue weighted by molar-refractivity contribution is -0.132. The predicted molar refractivity (Wildman–Crippen MR) is 53.4 cm³/mol. The summed E-state index contributed by atoms with van der Waals surface area (Å²) in [5.41, 5.74) is -0.431. The van der Waals surface area contributed by atoms with Gasteiger partial charge >= 0.3 is 5.97 Å². The van der Waals surface area contributed by atoms with Crippen molar-refractivity contribution in [3.8, 4) is 6.07 Å². The molecule has 0 saturated carbocycles. The molecule has 0 heterocycles. The quantitative estimate of drug-likeness (QED) is 0.324. The van der Waals surface area contributed by atoms with Crippen LogP contribution in [0.3, 0.4) is 0 Å². The number of allylic oxidation sites excluding steroid dienone is 1. The number of carbonyl (C=O) groups is 1. The fraction of sp³-hybridized carbons (Fsp3) is 0.400. The number of rotatable bonds is 4. The Labute approximate surface area is 84.1 Å². The summed E-state index contributed by atoms with van der Waals surface area (Å²) in [5, 5.41) is 15.6. The molecular formula is C10H15NO3. The van der Waals surface area contributed by atoms with Crippen LogP contribution in [0.15, 0.2) is 24.5 Å². The first-order valence-corrected chi connectivity index (χ1v) is 4.15. The standard InChI is InChI=1S/C6H12O.C4H3NO2/c1-3-5-7-6-4-2;1-3(2-5)4(6)7/h3,5H,4,6H2,1-2H3;1H2,(H,6,7)/b5-3-;. The van der Waals surface area contributed by atoms with Gasteiger partial charge in [-0.1, -0.05) is 19.6 Å². The fourth-order valence-electron chi connectivity index (χ4n) is 0.330. The van der Waals surface area contributed by atoms with Crippen LogP contribution in [0.4, 0.5) is 0 Å². The van der Waals surface area contributed by atoms with Gasteiger partial charge in [-0.05, 0) is 13.3 Å². The van der Waals surface area contributed by atoms with Gasteiger partial charge in [-0.2, -0.15) is 5.26 Å². The molecule has 0 amide bonds. The van der Waals surface area contributed by atoms with Crippen molar-refractivity contribution in [1.29, 1.82) is 5.26 Å². The number of ether oxygens (including phenoxy) is 1. The summed E-state index contributed by atoms with van der Waals surface area (Å²) >= 11 is 0. The average molecular weight is 197 g/mol. The zero-order chi connectivity index (χ0) is 11.4. The number of nitrogens with zero attached hydrogens (tertiary/aromatic N) is 1. The highest BCUT2D eigenvalue weighted by molar-refractivity contribution is 5.90. The van der Waals surface area contributed by atoms with Crippen molar-refractivity contribution >= 4 is 5.97 Å². The van der Waals surface area contributed by atoms with Crippen molar-refractivity contribution in [2.75, 3.05) is 6.61 Å². The molecule has 0 unspecified atom stereocenters. The zero-order valence-corrected chi connectivity index (χ0v) is 8.49. The lowest BCUT2D eigenvalue weighted by atomic mass is 10.4. The molecule has 0 aliphatic rings. The lowest BCUT2D eigenvalue weighted by Crippen LogP contribution is -1.94. The van der Waals surface area contributed by atoms with Crippen LogP contribution in [0.25, 0.3) is 0 Å². The monoisotopic (exact) mass is 197 g/mol. The van der Waals surface area contributed by atoms with Gasteiger partial charge in [0, 0.05) is 0 Å². The summed E-state index contributed by atoms with van der Waals surface area (Å²) < 4.78 is 4.95. The van der Waals surface area contributed by atoms with Crippen LogP contribution in [-0.2, 0) is 9.53 Å². The number of aliphatic carboxylic acids is 1. The average Bonchev–Trinajstić information content (AvgIpc) is 2.18. The molecular weight excluding hydrogens is 182 g/mol. The highest BCUT2D eigenvalue weighted by atomic mass is 16.5. The maximum absolute atomic E-state index is 9.61. The van der Waals surface area contributed by atoms with E-state index in [1.165, 1.54) is 6.07 Å². The van der Waals surface area contributed by atoms with Crippen molar-refractivity contribution in [2.24, 2.45) is 0 Å². The van der Waals surface area contributed by atoms with Gasteiger partial charge in [0.15, 0.2) is 0 Å². The largest absolute Gasteiger partial charge is 0.502 e. The second kappa shape index (κ2) is 11.2. The molecule has 4 nitrogen and oxygen atoms in total. The molecule has 0 aromatic carbocycles. The number of carboxylic acid groups (broad SMARTS) is 1. The van der Waals surface area contributed by atoms with Crippen molar-refractivity contribution in [1.82, 2.24) is 0 Å². The highest BCUT2D eigenvalue weighted by Crippen LogP contribution is 1.81. The fourth-order valence-corrected chi connectivity index (χ4v) is 0.330.